The number of aromatic amines is 1. The van der Waals surface area contributed by atoms with Crippen LogP contribution in [0, 0.1) is 0 Å². The number of anilines is 1. The molecule has 15 heavy (non-hydrogen) atoms. The number of hydrogen-bond acceptors (Lipinski definition) is 1. The molecular formula is C12H12N2O. The molecule has 3 rings (SSSR count). The van der Waals surface area contributed by atoms with E-state index in [9.17, 15) is 4.79 Å². The van der Waals surface area contributed by atoms with Crippen LogP contribution in [0.15, 0.2) is 48.8 Å². The van der Waals surface area contributed by atoms with Crippen molar-refractivity contribution in [3.05, 3.63) is 54.4 Å². The van der Waals surface area contributed by atoms with Gasteiger partial charge in [0.25, 0.3) is 0 Å². The Balaban J connectivity index is 0.000000144. The molecule has 0 unspecified atom stereocenters. The number of benzene rings is 1. The molecule has 1 aliphatic rings. The van der Waals surface area contributed by atoms with Crippen LogP contribution >= 0.6 is 0 Å². The molecular weight excluding hydrogens is 188 g/mol. The van der Waals surface area contributed by atoms with Gasteiger partial charge >= 0.3 is 0 Å². The van der Waals surface area contributed by atoms with Crippen molar-refractivity contribution < 1.29 is 4.79 Å². The fraction of sp³-hybridized carbons (Fsp3) is 0.0833. The normalized spacial score (nSPS) is 12.4. The van der Waals surface area contributed by atoms with Crippen molar-refractivity contribution in [2.45, 2.75) is 6.42 Å². The van der Waals surface area contributed by atoms with Crippen LogP contribution in [0.5, 0.6) is 0 Å². The number of H-pyrrole nitrogens is 1. The van der Waals surface area contributed by atoms with Gasteiger partial charge in [-0.3, -0.25) is 4.79 Å². The van der Waals surface area contributed by atoms with Crippen LogP contribution in [-0.2, 0) is 11.2 Å². The molecule has 1 aromatic heterocycles. The van der Waals surface area contributed by atoms with Crippen LogP contribution in [0.4, 0.5) is 5.69 Å². The third kappa shape index (κ3) is 2.47. The highest BCUT2D eigenvalue weighted by Gasteiger charge is 2.15. The number of carbonyl (C=O) groups is 1. The number of hydrogen-bond donors (Lipinski definition) is 2. The van der Waals surface area contributed by atoms with E-state index in [1.807, 2.05) is 48.8 Å². The molecule has 2 N–H and O–H groups in total. The molecule has 3 heteroatoms. The van der Waals surface area contributed by atoms with Crippen LogP contribution in [0.2, 0.25) is 0 Å². The van der Waals surface area contributed by atoms with Crippen molar-refractivity contribution in [1.29, 1.82) is 0 Å². The predicted molar refractivity (Wildman–Crippen MR) is 59.6 cm³/mol. The summed E-state index contributed by atoms with van der Waals surface area (Å²) < 4.78 is 0. The molecule has 0 bridgehead atoms. The van der Waals surface area contributed by atoms with Crippen molar-refractivity contribution in [1.82, 2.24) is 4.98 Å². The zero-order valence-corrected chi connectivity index (χ0v) is 8.23. The average molecular weight is 200 g/mol. The second-order valence-electron chi connectivity index (χ2n) is 3.27. The Morgan fingerprint density at radius 1 is 1.00 bits per heavy atom. The number of para-hydroxylation sites is 1. The van der Waals surface area contributed by atoms with Gasteiger partial charge in [-0.1, -0.05) is 18.2 Å². The quantitative estimate of drug-likeness (QED) is 0.672. The first-order chi connectivity index (χ1) is 7.36. The Morgan fingerprint density at radius 2 is 1.73 bits per heavy atom. The maximum atomic E-state index is 10.8. The second-order valence-corrected chi connectivity index (χ2v) is 3.27. The van der Waals surface area contributed by atoms with E-state index in [1.54, 1.807) is 0 Å². The summed E-state index contributed by atoms with van der Waals surface area (Å²) in [5, 5.41) is 2.76. The number of nitrogens with one attached hydrogen (secondary N) is 2. The van der Waals surface area contributed by atoms with Gasteiger partial charge in [0.2, 0.25) is 5.91 Å². The van der Waals surface area contributed by atoms with E-state index in [1.165, 1.54) is 0 Å². The zero-order chi connectivity index (χ0) is 10.5. The Kier molecular flexibility index (Phi) is 2.83. The lowest BCUT2D eigenvalue weighted by atomic mass is 10.2. The average Bonchev–Trinajstić information content (AvgIpc) is 2.87. The van der Waals surface area contributed by atoms with Crippen molar-refractivity contribution in [3.8, 4) is 0 Å². The lowest BCUT2D eigenvalue weighted by molar-refractivity contribution is -0.115. The minimum Gasteiger partial charge on any atom is -0.368 e. The van der Waals surface area contributed by atoms with Gasteiger partial charge in [-0.15, -0.1) is 0 Å². The first kappa shape index (κ1) is 9.52. The summed E-state index contributed by atoms with van der Waals surface area (Å²) in [7, 11) is 0. The number of aromatic nitrogens is 1. The topological polar surface area (TPSA) is 44.9 Å². The van der Waals surface area contributed by atoms with Gasteiger partial charge in [0.05, 0.1) is 6.42 Å². The van der Waals surface area contributed by atoms with Crippen molar-refractivity contribution in [2.24, 2.45) is 0 Å². The lowest BCUT2D eigenvalue weighted by Gasteiger charge is -1.93. The summed E-state index contributed by atoms with van der Waals surface area (Å²) >= 11 is 0. The van der Waals surface area contributed by atoms with Crippen molar-refractivity contribution in [3.63, 3.8) is 0 Å². The molecule has 0 atom stereocenters. The summed E-state index contributed by atoms with van der Waals surface area (Å²) in [5.74, 6) is 0.0983. The number of amides is 1. The summed E-state index contributed by atoms with van der Waals surface area (Å²) in [6.07, 6.45) is 4.29. The highest BCUT2D eigenvalue weighted by atomic mass is 16.1. The molecule has 1 aliphatic heterocycles. The maximum absolute atomic E-state index is 10.8. The molecule has 0 spiro atoms. The Labute approximate surface area is 88.1 Å². The standard InChI is InChI=1S/C8H7NO.C4H5N/c10-8-5-6-3-1-2-4-7(6)9-8;1-2-4-5-3-1/h1-4H,5H2,(H,9,10);1-5H. The van der Waals surface area contributed by atoms with E-state index in [0.29, 0.717) is 6.42 Å². The van der Waals surface area contributed by atoms with Crippen molar-refractivity contribution >= 4 is 11.6 Å². The molecule has 0 fully saturated rings. The Morgan fingerprint density at radius 3 is 2.33 bits per heavy atom. The van der Waals surface area contributed by atoms with Gasteiger partial charge in [-0.25, -0.2) is 0 Å². The third-order valence-corrected chi connectivity index (χ3v) is 2.14. The van der Waals surface area contributed by atoms with Gasteiger partial charge in [-0.05, 0) is 23.8 Å². The van der Waals surface area contributed by atoms with Crippen LogP contribution < -0.4 is 5.32 Å². The van der Waals surface area contributed by atoms with Gasteiger partial charge in [0.1, 0.15) is 0 Å². The largest absolute Gasteiger partial charge is 0.368 e. The smallest absolute Gasteiger partial charge is 0.228 e. The van der Waals surface area contributed by atoms with E-state index in [-0.39, 0.29) is 5.91 Å². The SMILES string of the molecule is O=C1Cc2ccccc2N1.c1cc[nH]c1. The van der Waals surface area contributed by atoms with E-state index in [0.717, 1.165) is 11.3 Å². The minimum atomic E-state index is 0.0983. The van der Waals surface area contributed by atoms with Crippen LogP contribution in [-0.4, -0.2) is 10.9 Å². The highest BCUT2D eigenvalue weighted by Crippen LogP contribution is 2.20. The molecule has 0 saturated heterocycles. The lowest BCUT2D eigenvalue weighted by Crippen LogP contribution is -2.03. The van der Waals surface area contributed by atoms with Crippen molar-refractivity contribution in [2.75, 3.05) is 5.32 Å². The van der Waals surface area contributed by atoms with Gasteiger partial charge in [-0.2, -0.15) is 0 Å². The molecule has 76 valence electrons. The Hall–Kier alpha value is -2.03. The monoisotopic (exact) mass is 200 g/mol. The van der Waals surface area contributed by atoms with E-state index in [2.05, 4.69) is 10.3 Å². The number of fused-ring (bicyclic) bond motifs is 1. The molecule has 1 amide bonds. The maximum Gasteiger partial charge on any atom is 0.228 e. The summed E-state index contributed by atoms with van der Waals surface area (Å²) in [6.45, 7) is 0. The fourth-order valence-corrected chi connectivity index (χ4v) is 1.44. The first-order valence-corrected chi connectivity index (χ1v) is 4.82. The van der Waals surface area contributed by atoms with Crippen LogP contribution in [0.3, 0.4) is 0 Å². The van der Waals surface area contributed by atoms with Crippen LogP contribution in [0.1, 0.15) is 5.56 Å². The number of carbonyl (C=O) groups excluding carboxylic acids is 1. The molecule has 1 aromatic carbocycles. The highest BCUT2D eigenvalue weighted by molar-refractivity contribution is 5.98. The molecule has 0 radical (unpaired) electrons. The van der Waals surface area contributed by atoms with Gasteiger partial charge in [0.15, 0.2) is 0 Å². The minimum absolute atomic E-state index is 0.0983. The number of rotatable bonds is 0. The third-order valence-electron chi connectivity index (χ3n) is 2.14. The molecule has 0 aliphatic carbocycles. The zero-order valence-electron chi connectivity index (χ0n) is 8.23. The summed E-state index contributed by atoms with van der Waals surface area (Å²) in [5.41, 5.74) is 2.07. The molecule has 0 saturated carbocycles. The van der Waals surface area contributed by atoms with Gasteiger partial charge in [0, 0.05) is 18.1 Å². The summed E-state index contributed by atoms with van der Waals surface area (Å²) in [6, 6.07) is 11.6. The predicted octanol–water partition coefficient (Wildman–Crippen LogP) is 2.20. The molecule has 2 heterocycles. The van der Waals surface area contributed by atoms with E-state index >= 15 is 0 Å². The molecule has 2 aromatic rings. The summed E-state index contributed by atoms with van der Waals surface area (Å²) in [4.78, 5) is 13.6. The van der Waals surface area contributed by atoms with E-state index in [4.69, 9.17) is 0 Å². The van der Waals surface area contributed by atoms with Gasteiger partial charge < -0.3 is 10.3 Å². The Bertz CT molecular complexity index is 390. The van der Waals surface area contributed by atoms with Crippen LogP contribution in [0.25, 0.3) is 0 Å². The van der Waals surface area contributed by atoms with E-state index < -0.39 is 0 Å². The fourth-order valence-electron chi connectivity index (χ4n) is 1.44. The first-order valence-electron chi connectivity index (χ1n) is 4.82. The second kappa shape index (κ2) is 4.46. The molecule has 3 nitrogen and oxygen atoms in total.